The molecule has 0 aliphatic rings. The molecule has 0 saturated carbocycles. The number of carbonyl (C=O) groups is 1. The molecule has 0 aliphatic carbocycles. The largest absolute Gasteiger partial charge is 0.307 e. The van der Waals surface area contributed by atoms with Gasteiger partial charge < -0.3 is 10.2 Å². The minimum Gasteiger partial charge on any atom is -0.307 e. The van der Waals surface area contributed by atoms with E-state index in [1.54, 1.807) is 10.9 Å². The number of benzene rings is 2. The van der Waals surface area contributed by atoms with E-state index in [1.165, 1.54) is 5.56 Å². The SMILES string of the molecule is CN(C)Cc1ccc(C(=O)Nc2cc3cc(-c4cnn(C)c4)ccc3cn2)cc1. The average Bonchev–Trinajstić information content (AvgIpc) is 3.14. The molecule has 29 heavy (non-hydrogen) atoms. The topological polar surface area (TPSA) is 63.1 Å². The second kappa shape index (κ2) is 7.85. The van der Waals surface area contributed by atoms with Crippen LogP contribution in [0.5, 0.6) is 0 Å². The first-order chi connectivity index (χ1) is 14.0. The van der Waals surface area contributed by atoms with Crippen LogP contribution in [0.1, 0.15) is 15.9 Å². The number of carbonyl (C=O) groups excluding carboxylic acids is 1. The number of anilines is 1. The summed E-state index contributed by atoms with van der Waals surface area (Å²) in [7, 11) is 5.94. The van der Waals surface area contributed by atoms with Crippen molar-refractivity contribution in [2.45, 2.75) is 6.54 Å². The quantitative estimate of drug-likeness (QED) is 0.565. The minimum absolute atomic E-state index is 0.170. The Balaban J connectivity index is 1.55. The summed E-state index contributed by atoms with van der Waals surface area (Å²) >= 11 is 0. The highest BCUT2D eigenvalue weighted by Crippen LogP contribution is 2.25. The molecule has 0 fully saturated rings. The van der Waals surface area contributed by atoms with E-state index in [4.69, 9.17) is 0 Å². The monoisotopic (exact) mass is 385 g/mol. The maximum absolute atomic E-state index is 12.6. The van der Waals surface area contributed by atoms with Crippen LogP contribution in [0.25, 0.3) is 21.9 Å². The zero-order valence-corrected chi connectivity index (χ0v) is 16.8. The van der Waals surface area contributed by atoms with E-state index < -0.39 is 0 Å². The zero-order valence-electron chi connectivity index (χ0n) is 16.8. The van der Waals surface area contributed by atoms with Crippen molar-refractivity contribution >= 4 is 22.5 Å². The lowest BCUT2D eigenvalue weighted by Gasteiger charge is -2.10. The molecule has 1 amide bonds. The van der Waals surface area contributed by atoms with Crippen LogP contribution in [0, 0.1) is 0 Å². The average molecular weight is 385 g/mol. The molecular weight excluding hydrogens is 362 g/mol. The van der Waals surface area contributed by atoms with Crippen molar-refractivity contribution in [3.63, 3.8) is 0 Å². The molecule has 2 heterocycles. The molecule has 4 rings (SSSR count). The zero-order chi connectivity index (χ0) is 20.4. The first-order valence-electron chi connectivity index (χ1n) is 9.42. The van der Waals surface area contributed by atoms with Gasteiger partial charge in [0.05, 0.1) is 6.20 Å². The van der Waals surface area contributed by atoms with E-state index in [9.17, 15) is 4.79 Å². The molecule has 0 spiro atoms. The Morgan fingerprint density at radius 1 is 1.00 bits per heavy atom. The van der Waals surface area contributed by atoms with Gasteiger partial charge in [-0.15, -0.1) is 0 Å². The van der Waals surface area contributed by atoms with E-state index in [0.717, 1.165) is 28.4 Å². The van der Waals surface area contributed by atoms with Crippen molar-refractivity contribution in [1.29, 1.82) is 0 Å². The number of pyridine rings is 1. The van der Waals surface area contributed by atoms with Crippen LogP contribution in [-0.2, 0) is 13.6 Å². The normalized spacial score (nSPS) is 11.2. The molecule has 6 heteroatoms. The number of hydrogen-bond donors (Lipinski definition) is 1. The van der Waals surface area contributed by atoms with Crippen LogP contribution < -0.4 is 5.32 Å². The predicted molar refractivity (Wildman–Crippen MR) is 116 cm³/mol. The fraction of sp³-hybridized carbons (Fsp3) is 0.174. The molecule has 2 aromatic carbocycles. The summed E-state index contributed by atoms with van der Waals surface area (Å²) in [5, 5.41) is 9.16. The van der Waals surface area contributed by atoms with Crippen molar-refractivity contribution in [2.75, 3.05) is 19.4 Å². The summed E-state index contributed by atoms with van der Waals surface area (Å²) in [5.41, 5.74) is 3.90. The highest BCUT2D eigenvalue weighted by atomic mass is 16.1. The summed E-state index contributed by atoms with van der Waals surface area (Å²) < 4.78 is 1.78. The van der Waals surface area contributed by atoms with Crippen molar-refractivity contribution in [3.05, 3.63) is 78.2 Å². The molecule has 4 aromatic rings. The molecule has 2 aromatic heterocycles. The van der Waals surface area contributed by atoms with Crippen LogP contribution in [0.3, 0.4) is 0 Å². The number of nitrogens with zero attached hydrogens (tertiary/aromatic N) is 4. The number of nitrogens with one attached hydrogen (secondary N) is 1. The number of amides is 1. The molecule has 0 saturated heterocycles. The van der Waals surface area contributed by atoms with Gasteiger partial charge in [0.25, 0.3) is 5.91 Å². The Kier molecular flexibility index (Phi) is 5.10. The van der Waals surface area contributed by atoms with Crippen LogP contribution in [0.2, 0.25) is 0 Å². The molecule has 0 aliphatic heterocycles. The van der Waals surface area contributed by atoms with Crippen LogP contribution in [0.15, 0.2) is 67.1 Å². The standard InChI is InChI=1S/C23H23N5O/c1-27(2)14-16-4-6-17(7-5-16)23(29)26-22-11-20-10-18(8-9-19(20)12-24-22)21-13-25-28(3)15-21/h4-13,15H,14H2,1-3H3,(H,24,26,29). The van der Waals surface area contributed by atoms with E-state index in [-0.39, 0.29) is 5.91 Å². The van der Waals surface area contributed by atoms with E-state index >= 15 is 0 Å². The lowest BCUT2D eigenvalue weighted by Crippen LogP contribution is -2.14. The lowest BCUT2D eigenvalue weighted by atomic mass is 10.0. The molecule has 0 unspecified atom stereocenters. The molecule has 1 N–H and O–H groups in total. The number of aryl methyl sites for hydroxylation is 1. The van der Waals surface area contributed by atoms with Crippen molar-refractivity contribution in [2.24, 2.45) is 7.05 Å². The summed E-state index contributed by atoms with van der Waals surface area (Å²) in [4.78, 5) is 19.1. The molecular formula is C23H23N5O. The summed E-state index contributed by atoms with van der Waals surface area (Å²) in [6.07, 6.45) is 5.59. The first kappa shape index (κ1) is 18.8. The second-order valence-electron chi connectivity index (χ2n) is 7.42. The molecule has 0 bridgehead atoms. The van der Waals surface area contributed by atoms with Gasteiger partial charge >= 0.3 is 0 Å². The van der Waals surface area contributed by atoms with Crippen LogP contribution in [-0.4, -0.2) is 39.7 Å². The first-order valence-corrected chi connectivity index (χ1v) is 9.42. The van der Waals surface area contributed by atoms with Crippen molar-refractivity contribution in [3.8, 4) is 11.1 Å². The van der Waals surface area contributed by atoms with Crippen molar-refractivity contribution < 1.29 is 4.79 Å². The van der Waals surface area contributed by atoms with Gasteiger partial charge in [-0.25, -0.2) is 4.98 Å². The van der Waals surface area contributed by atoms with Gasteiger partial charge in [-0.05, 0) is 54.9 Å². The smallest absolute Gasteiger partial charge is 0.256 e. The fourth-order valence-electron chi connectivity index (χ4n) is 3.27. The van der Waals surface area contributed by atoms with E-state index in [0.29, 0.717) is 11.4 Å². The minimum atomic E-state index is -0.170. The van der Waals surface area contributed by atoms with Gasteiger partial charge in [-0.2, -0.15) is 5.10 Å². The highest BCUT2D eigenvalue weighted by Gasteiger charge is 2.09. The summed E-state index contributed by atoms with van der Waals surface area (Å²) in [5.74, 6) is 0.361. The van der Waals surface area contributed by atoms with E-state index in [1.807, 2.05) is 69.9 Å². The van der Waals surface area contributed by atoms with Gasteiger partial charge in [0.2, 0.25) is 0 Å². The maximum Gasteiger partial charge on any atom is 0.256 e. The van der Waals surface area contributed by atoms with Gasteiger partial charge in [-0.3, -0.25) is 9.48 Å². The third-order valence-corrected chi connectivity index (χ3v) is 4.72. The molecule has 146 valence electrons. The van der Waals surface area contributed by atoms with Gasteiger partial charge in [0.1, 0.15) is 5.82 Å². The number of fused-ring (bicyclic) bond motifs is 1. The van der Waals surface area contributed by atoms with Crippen molar-refractivity contribution in [1.82, 2.24) is 19.7 Å². The summed E-state index contributed by atoms with van der Waals surface area (Å²) in [6, 6.07) is 15.7. The number of aromatic nitrogens is 3. The van der Waals surface area contributed by atoms with Gasteiger partial charge in [-0.1, -0.05) is 24.3 Å². The number of hydrogen-bond acceptors (Lipinski definition) is 4. The second-order valence-corrected chi connectivity index (χ2v) is 7.42. The molecule has 0 radical (unpaired) electrons. The Morgan fingerprint density at radius 3 is 2.48 bits per heavy atom. The summed E-state index contributed by atoms with van der Waals surface area (Å²) in [6.45, 7) is 0.841. The maximum atomic E-state index is 12.6. The number of rotatable bonds is 5. The van der Waals surface area contributed by atoms with Crippen LogP contribution >= 0.6 is 0 Å². The Bertz CT molecular complexity index is 1160. The lowest BCUT2D eigenvalue weighted by molar-refractivity contribution is 0.102. The molecule has 6 nitrogen and oxygen atoms in total. The third kappa shape index (κ3) is 4.33. The van der Waals surface area contributed by atoms with Gasteiger partial charge in [0.15, 0.2) is 0 Å². The highest BCUT2D eigenvalue weighted by molar-refractivity contribution is 6.04. The Labute approximate surface area is 169 Å². The predicted octanol–water partition coefficient (Wildman–Crippen LogP) is 3.95. The Morgan fingerprint density at radius 2 is 1.79 bits per heavy atom. The molecule has 0 atom stereocenters. The van der Waals surface area contributed by atoms with E-state index in [2.05, 4.69) is 32.4 Å². The fourth-order valence-corrected chi connectivity index (χ4v) is 3.27. The Hall–Kier alpha value is -3.51. The van der Waals surface area contributed by atoms with Gasteiger partial charge in [0, 0.05) is 42.5 Å². The van der Waals surface area contributed by atoms with Crippen LogP contribution in [0.4, 0.5) is 5.82 Å². The third-order valence-electron chi connectivity index (χ3n) is 4.72.